The van der Waals surface area contributed by atoms with Crippen LogP contribution in [0.5, 0.6) is 0 Å². The Morgan fingerprint density at radius 2 is 1.80 bits per heavy atom. The van der Waals surface area contributed by atoms with E-state index in [-0.39, 0.29) is 17.1 Å². The molecular weight excluding hydrogens is 260 g/mol. The van der Waals surface area contributed by atoms with E-state index in [1.54, 1.807) is 0 Å². The summed E-state index contributed by atoms with van der Waals surface area (Å²) in [7, 11) is 0. The van der Waals surface area contributed by atoms with E-state index in [1.165, 1.54) is 0 Å². The van der Waals surface area contributed by atoms with Gasteiger partial charge < -0.3 is 10.6 Å². The maximum atomic E-state index is 13.8. The molecule has 20 heavy (non-hydrogen) atoms. The quantitative estimate of drug-likeness (QED) is 0.793. The van der Waals surface area contributed by atoms with E-state index in [1.807, 2.05) is 6.92 Å². The number of halogens is 2. The molecule has 0 atom stereocenters. The molecular formula is C15H23F2N3. The minimum atomic E-state index is -0.647. The van der Waals surface area contributed by atoms with Crippen molar-refractivity contribution in [2.24, 2.45) is 11.3 Å². The molecule has 1 aliphatic rings. The first-order valence-corrected chi connectivity index (χ1v) is 7.32. The van der Waals surface area contributed by atoms with Crippen LogP contribution in [0.3, 0.4) is 0 Å². The van der Waals surface area contributed by atoms with Gasteiger partial charge in [0, 0.05) is 19.2 Å². The zero-order valence-electron chi connectivity index (χ0n) is 12.4. The minimum Gasteiger partial charge on any atom is -0.368 e. The fourth-order valence-corrected chi connectivity index (χ4v) is 2.34. The van der Waals surface area contributed by atoms with E-state index in [0.717, 1.165) is 25.3 Å². The smallest absolute Gasteiger partial charge is 0.168 e. The summed E-state index contributed by atoms with van der Waals surface area (Å²) in [5.41, 5.74) is 0.250. The molecule has 0 spiro atoms. The van der Waals surface area contributed by atoms with Crippen LogP contribution in [0.2, 0.25) is 0 Å². The van der Waals surface area contributed by atoms with Crippen molar-refractivity contribution in [3.63, 3.8) is 0 Å². The number of hydrogen-bond acceptors (Lipinski definition) is 3. The van der Waals surface area contributed by atoms with Crippen molar-refractivity contribution in [2.45, 2.75) is 40.0 Å². The summed E-state index contributed by atoms with van der Waals surface area (Å²) in [6.07, 6.45) is 3.17. The molecule has 0 aromatic carbocycles. The van der Waals surface area contributed by atoms with Gasteiger partial charge in [0.15, 0.2) is 23.3 Å². The zero-order valence-corrected chi connectivity index (χ0v) is 12.4. The maximum Gasteiger partial charge on any atom is 0.168 e. The molecule has 3 nitrogen and oxygen atoms in total. The molecule has 1 aliphatic carbocycles. The number of anilines is 2. The summed E-state index contributed by atoms with van der Waals surface area (Å²) < 4.78 is 27.3. The largest absolute Gasteiger partial charge is 0.368 e. The first-order chi connectivity index (χ1) is 9.48. The topological polar surface area (TPSA) is 37.0 Å². The second kappa shape index (κ2) is 5.94. The monoisotopic (exact) mass is 283 g/mol. The van der Waals surface area contributed by atoms with Gasteiger partial charge in [0.05, 0.1) is 0 Å². The summed E-state index contributed by atoms with van der Waals surface area (Å²) in [5.74, 6) is -0.478. The molecule has 0 aliphatic heterocycles. The lowest BCUT2D eigenvalue weighted by atomic mass is 9.92. The van der Waals surface area contributed by atoms with E-state index in [9.17, 15) is 8.78 Å². The highest BCUT2D eigenvalue weighted by atomic mass is 19.1. The summed E-state index contributed by atoms with van der Waals surface area (Å²) >= 11 is 0. The number of aromatic nitrogens is 1. The Balaban J connectivity index is 2.07. The first kappa shape index (κ1) is 15.0. The predicted molar refractivity (Wildman–Crippen MR) is 77.9 cm³/mol. The Morgan fingerprint density at radius 1 is 1.20 bits per heavy atom. The molecule has 0 bridgehead atoms. The summed E-state index contributed by atoms with van der Waals surface area (Å²) in [6.45, 7) is 7.64. The van der Waals surface area contributed by atoms with Gasteiger partial charge in [-0.3, -0.25) is 0 Å². The number of rotatable bonds is 7. The molecule has 1 saturated carbocycles. The Morgan fingerprint density at radius 3 is 2.30 bits per heavy atom. The van der Waals surface area contributed by atoms with Crippen molar-refractivity contribution < 1.29 is 8.78 Å². The highest BCUT2D eigenvalue weighted by Crippen LogP contribution is 2.51. The van der Waals surface area contributed by atoms with Crippen LogP contribution >= 0.6 is 0 Å². The van der Waals surface area contributed by atoms with Gasteiger partial charge in [-0.15, -0.1) is 0 Å². The molecule has 1 aromatic heterocycles. The van der Waals surface area contributed by atoms with Gasteiger partial charge in [0.1, 0.15) is 0 Å². The third-order valence-electron chi connectivity index (χ3n) is 4.20. The molecule has 1 fully saturated rings. The van der Waals surface area contributed by atoms with Crippen LogP contribution in [0.4, 0.5) is 20.4 Å². The van der Waals surface area contributed by atoms with Crippen LogP contribution in [0.15, 0.2) is 6.07 Å². The van der Waals surface area contributed by atoms with E-state index in [0.29, 0.717) is 19.0 Å². The Hall–Kier alpha value is -1.39. The van der Waals surface area contributed by atoms with Crippen LogP contribution in [0.25, 0.3) is 0 Å². The lowest BCUT2D eigenvalue weighted by Gasteiger charge is -2.20. The van der Waals surface area contributed by atoms with Gasteiger partial charge >= 0.3 is 0 Å². The molecule has 5 heteroatoms. The van der Waals surface area contributed by atoms with Crippen molar-refractivity contribution >= 4 is 11.6 Å². The number of pyridine rings is 1. The summed E-state index contributed by atoms with van der Waals surface area (Å²) in [6, 6.07) is 0.891. The zero-order chi connectivity index (χ0) is 14.8. The number of nitrogens with one attached hydrogen (secondary N) is 2. The number of nitrogens with zero attached hydrogens (tertiary/aromatic N) is 1. The van der Waals surface area contributed by atoms with Gasteiger partial charge in [-0.05, 0) is 30.6 Å². The third kappa shape index (κ3) is 3.19. The van der Waals surface area contributed by atoms with E-state index >= 15 is 0 Å². The number of hydrogen-bond donors (Lipinski definition) is 2. The van der Waals surface area contributed by atoms with Gasteiger partial charge in [-0.2, -0.15) is 0 Å². The van der Waals surface area contributed by atoms with Crippen molar-refractivity contribution in [2.75, 3.05) is 23.7 Å². The average molecular weight is 283 g/mol. The molecule has 0 unspecified atom stereocenters. The molecule has 1 aromatic rings. The minimum absolute atomic E-state index is 0.116. The average Bonchev–Trinajstić information content (AvgIpc) is 3.18. The SMILES string of the molecule is CCCNc1nc(NCC2(C(C)C)CC2)c(F)cc1F. The fourth-order valence-electron chi connectivity index (χ4n) is 2.34. The molecule has 0 amide bonds. The molecule has 2 rings (SSSR count). The van der Waals surface area contributed by atoms with Crippen LogP contribution in [-0.4, -0.2) is 18.1 Å². The molecule has 0 saturated heterocycles. The van der Waals surface area contributed by atoms with Crippen LogP contribution in [0.1, 0.15) is 40.0 Å². The van der Waals surface area contributed by atoms with Gasteiger partial charge in [-0.25, -0.2) is 13.8 Å². The lowest BCUT2D eigenvalue weighted by Crippen LogP contribution is -2.22. The Bertz CT molecular complexity index is 470. The van der Waals surface area contributed by atoms with Gasteiger partial charge in [0.25, 0.3) is 0 Å². The molecule has 0 radical (unpaired) electrons. The van der Waals surface area contributed by atoms with Crippen molar-refractivity contribution in [3.05, 3.63) is 17.7 Å². The second-order valence-electron chi connectivity index (χ2n) is 5.95. The summed E-state index contributed by atoms with van der Waals surface area (Å²) in [4.78, 5) is 4.03. The maximum absolute atomic E-state index is 13.8. The Kier molecular flexibility index (Phi) is 4.45. The van der Waals surface area contributed by atoms with E-state index in [2.05, 4.69) is 29.5 Å². The Labute approximate surface area is 119 Å². The highest BCUT2D eigenvalue weighted by molar-refractivity contribution is 5.47. The van der Waals surface area contributed by atoms with Crippen molar-refractivity contribution in [1.82, 2.24) is 4.98 Å². The van der Waals surface area contributed by atoms with Gasteiger partial charge in [0.2, 0.25) is 0 Å². The second-order valence-corrected chi connectivity index (χ2v) is 5.95. The van der Waals surface area contributed by atoms with Crippen LogP contribution in [-0.2, 0) is 0 Å². The molecule has 1 heterocycles. The van der Waals surface area contributed by atoms with Crippen molar-refractivity contribution in [3.8, 4) is 0 Å². The highest BCUT2D eigenvalue weighted by Gasteiger charge is 2.45. The molecule has 2 N–H and O–H groups in total. The lowest BCUT2D eigenvalue weighted by molar-refractivity contribution is 0.379. The predicted octanol–water partition coefficient (Wildman–Crippen LogP) is 4.03. The van der Waals surface area contributed by atoms with E-state index < -0.39 is 11.6 Å². The standard InChI is InChI=1S/C15H23F2N3/c1-4-7-18-13-11(16)8-12(17)14(20-13)19-9-15(5-6-15)10(2)3/h8,10H,4-7,9H2,1-3H3,(H2,18,19,20). The fraction of sp³-hybridized carbons (Fsp3) is 0.667. The van der Waals surface area contributed by atoms with Crippen LogP contribution < -0.4 is 10.6 Å². The molecule has 112 valence electrons. The normalized spacial score (nSPS) is 16.3. The first-order valence-electron chi connectivity index (χ1n) is 7.32. The third-order valence-corrected chi connectivity index (χ3v) is 4.20. The van der Waals surface area contributed by atoms with Crippen molar-refractivity contribution in [1.29, 1.82) is 0 Å². The summed E-state index contributed by atoms with van der Waals surface area (Å²) in [5, 5.41) is 5.92. The van der Waals surface area contributed by atoms with E-state index in [4.69, 9.17) is 0 Å². The van der Waals surface area contributed by atoms with Gasteiger partial charge in [-0.1, -0.05) is 20.8 Å². The van der Waals surface area contributed by atoms with Crippen LogP contribution in [0, 0.1) is 23.0 Å².